The molecule has 0 fully saturated rings. The van der Waals surface area contributed by atoms with E-state index in [9.17, 15) is 0 Å². The Hall–Kier alpha value is 2.56. The van der Waals surface area contributed by atoms with E-state index in [1.54, 1.807) is 0 Å². The summed E-state index contributed by atoms with van der Waals surface area (Å²) in [4.78, 5) is 0. The Kier molecular flexibility index (Phi) is 137. The van der Waals surface area contributed by atoms with Crippen LogP contribution in [0.5, 0.6) is 0 Å². The van der Waals surface area contributed by atoms with E-state index in [0.29, 0.717) is 0 Å². The molecule has 0 aliphatic rings. The number of hydrogen-bond acceptors (Lipinski definition) is 0. The molecule has 0 aromatic rings. The molecule has 0 radical (unpaired) electrons. The average molecular weight is 254 g/mol. The Morgan fingerprint density at radius 3 is 1.25 bits per heavy atom. The first-order chi connectivity index (χ1) is 0. The van der Waals surface area contributed by atoms with Gasteiger partial charge in [-0.05, 0) is 0 Å². The second kappa shape index (κ2) is 17.6. The topological polar surface area (TPSA) is 0 Å². The van der Waals surface area contributed by atoms with Gasteiger partial charge in [-0.15, -0.1) is 0 Å². The summed E-state index contributed by atoms with van der Waals surface area (Å²) in [5, 5.41) is 0. The summed E-state index contributed by atoms with van der Waals surface area (Å²) >= 11 is 0. The van der Waals surface area contributed by atoms with Crippen LogP contribution in [0.1, 0.15) is 2.85 Å². The van der Waals surface area contributed by atoms with Crippen LogP contribution in [0.4, 0.5) is 0 Å². The molecule has 4 heavy (non-hydrogen) atoms. The van der Waals surface area contributed by atoms with Crippen LogP contribution >= 0.6 is 13.5 Å². The van der Waals surface area contributed by atoms with E-state index < -0.39 is 0 Å². The maximum atomic E-state index is 0. The van der Waals surface area contributed by atoms with Crippen LogP contribution < -0.4 is 0 Å². The van der Waals surface area contributed by atoms with Gasteiger partial charge >= 0.3 is 40.1 Å². The molecule has 4 heteroatoms. The Balaban J connectivity index is 0. The maximum absolute atomic E-state index is 0. The van der Waals surface area contributed by atoms with Crippen molar-refractivity contribution in [3.63, 3.8) is 0 Å². The van der Waals surface area contributed by atoms with Crippen molar-refractivity contribution in [3.8, 4) is 0 Å². The zero-order valence-electron chi connectivity index (χ0n) is 4.41. The molecule has 0 nitrogen and oxygen atoms in total. The van der Waals surface area contributed by atoms with Crippen LogP contribution in [-0.2, 0) is 27.3 Å². The molecule has 0 saturated carbocycles. The molecular weight excluding hydrogens is 248 g/mol. The first kappa shape index (κ1) is 31.0. The van der Waals surface area contributed by atoms with Gasteiger partial charge < -0.3 is 2.85 Å². The fourth-order valence-electron chi connectivity index (χ4n) is 0. The van der Waals surface area contributed by atoms with Crippen molar-refractivity contribution < 1.29 is 30.2 Å². The Morgan fingerprint density at radius 1 is 1.25 bits per heavy atom. The van der Waals surface area contributed by atoms with Gasteiger partial charge in [0.15, 0.2) is 0 Å². The van der Waals surface area contributed by atoms with Gasteiger partial charge in [0.05, 0.1) is 0 Å². The third kappa shape index (κ3) is 8.82. The van der Waals surface area contributed by atoms with Crippen LogP contribution in [0, 0.1) is 0 Å². The van der Waals surface area contributed by atoms with E-state index in [1.165, 1.54) is 0 Å². The first-order valence-electron chi connectivity index (χ1n) is 0. The van der Waals surface area contributed by atoms with Gasteiger partial charge in [-0.1, -0.05) is 0 Å². The molecule has 0 N–H and O–H groups in total. The molecule has 0 aromatic carbocycles. The molecule has 0 unspecified atom stereocenters. The van der Waals surface area contributed by atoms with E-state index in [0.717, 1.165) is 0 Å². The second-order valence-electron chi connectivity index (χ2n) is 0. The third-order valence-corrected chi connectivity index (χ3v) is 0. The summed E-state index contributed by atoms with van der Waals surface area (Å²) in [5.74, 6) is 0. The zero-order chi connectivity index (χ0) is 0. The normalized spacial score (nSPS) is 0. The molecule has 0 heterocycles. The molecule has 0 aliphatic heterocycles. The quantitative estimate of drug-likeness (QED) is 0.488. The third-order valence-electron chi connectivity index (χ3n) is 0. The van der Waals surface area contributed by atoms with Crippen molar-refractivity contribution in [2.75, 3.05) is 0 Å². The van der Waals surface area contributed by atoms with Crippen LogP contribution in [0.2, 0.25) is 0 Å². The van der Waals surface area contributed by atoms with Crippen LogP contribution in [0.15, 0.2) is 0 Å². The van der Waals surface area contributed by atoms with E-state index in [1.807, 2.05) is 0 Å². The fourth-order valence-corrected chi connectivity index (χ4v) is 0. The first-order valence-corrected chi connectivity index (χ1v) is 0. The van der Waals surface area contributed by atoms with Gasteiger partial charge in [0, 0.05) is 27.3 Å². The van der Waals surface area contributed by atoms with Crippen molar-refractivity contribution in [1.82, 2.24) is 0 Å². The van der Waals surface area contributed by atoms with Crippen LogP contribution in [0.25, 0.3) is 0 Å². The molecule has 0 saturated heterocycles. The number of rotatable bonds is 0. The summed E-state index contributed by atoms with van der Waals surface area (Å²) in [6.07, 6.45) is 0. The van der Waals surface area contributed by atoms with Crippen molar-refractivity contribution in [1.29, 1.82) is 0 Å². The summed E-state index contributed by atoms with van der Waals surface area (Å²) in [5.41, 5.74) is 0. The predicted molar refractivity (Wildman–Crippen MR) is 26.9 cm³/mol. The van der Waals surface area contributed by atoms with Crippen molar-refractivity contribution >= 4 is 53.6 Å². The SMILES string of the molecule is S.[Cd].[H-].[H-].[Mg+2].[SeH2]. The number of hydrogen-bond donors (Lipinski definition) is 0. The second-order valence-corrected chi connectivity index (χ2v) is 0. The zero-order valence-corrected chi connectivity index (χ0v) is 11.0. The molecule has 0 spiro atoms. The molecule has 0 aliphatic carbocycles. The van der Waals surface area contributed by atoms with Gasteiger partial charge in [0.2, 0.25) is 0 Å². The average Bonchev–Trinajstić information content (AvgIpc) is 0. The Labute approximate surface area is 82.7 Å². The summed E-state index contributed by atoms with van der Waals surface area (Å²) in [7, 11) is 0. The van der Waals surface area contributed by atoms with Gasteiger partial charge in [0.25, 0.3) is 0 Å². The standard InChI is InChI=1S/Cd.Mg.H2S.H2Se.2H/h;;2*1H2;;/q;+2;;;2*-1. The van der Waals surface area contributed by atoms with Gasteiger partial charge in [-0.25, -0.2) is 0 Å². The van der Waals surface area contributed by atoms with E-state index in [-0.39, 0.29) is 83.8 Å². The van der Waals surface area contributed by atoms with Crippen LogP contribution in [0.3, 0.4) is 0 Å². The van der Waals surface area contributed by atoms with Gasteiger partial charge in [0.1, 0.15) is 0 Å². The minimum absolute atomic E-state index is 0. The van der Waals surface area contributed by atoms with Gasteiger partial charge in [-0.3, -0.25) is 0 Å². The molecule has 0 amide bonds. The molecule has 0 rings (SSSR count). The van der Waals surface area contributed by atoms with Crippen molar-refractivity contribution in [2.24, 2.45) is 0 Å². The van der Waals surface area contributed by atoms with E-state index >= 15 is 0 Å². The van der Waals surface area contributed by atoms with Gasteiger partial charge in [-0.2, -0.15) is 13.5 Å². The minimum atomic E-state index is 0. The monoisotopic (exact) mass is 256 g/mol. The van der Waals surface area contributed by atoms with Crippen LogP contribution in [-0.4, -0.2) is 40.1 Å². The molecular formula is H6CdMgSSe. The molecule has 0 aromatic heterocycles. The fraction of sp³-hybridized carbons (Fsp3) is 0. The van der Waals surface area contributed by atoms with E-state index in [4.69, 9.17) is 0 Å². The predicted octanol–water partition coefficient (Wildman–Crippen LogP) is -0.962. The summed E-state index contributed by atoms with van der Waals surface area (Å²) in [6, 6.07) is 0. The Morgan fingerprint density at radius 2 is 1.25 bits per heavy atom. The molecule has 22 valence electrons. The van der Waals surface area contributed by atoms with Crippen molar-refractivity contribution in [2.45, 2.75) is 0 Å². The molecule has 0 bridgehead atoms. The van der Waals surface area contributed by atoms with Crippen molar-refractivity contribution in [3.05, 3.63) is 0 Å². The van der Waals surface area contributed by atoms with E-state index in [2.05, 4.69) is 0 Å². The molecule has 0 atom stereocenters. The summed E-state index contributed by atoms with van der Waals surface area (Å²) < 4.78 is 0. The summed E-state index contributed by atoms with van der Waals surface area (Å²) in [6.45, 7) is 0. The Bertz CT molecular complexity index is 13.5.